The lowest BCUT2D eigenvalue weighted by molar-refractivity contribution is -0.383. The lowest BCUT2D eigenvalue weighted by atomic mass is 10.1. The smallest absolute Gasteiger partial charge is 0.294 e. The zero-order valence-corrected chi connectivity index (χ0v) is 15.3. The van der Waals surface area contributed by atoms with Gasteiger partial charge in [0.2, 0.25) is 0 Å². The highest BCUT2D eigenvalue weighted by Crippen LogP contribution is 2.48. The highest BCUT2D eigenvalue weighted by atomic mass is 79.9. The van der Waals surface area contributed by atoms with Gasteiger partial charge < -0.3 is 4.57 Å². The van der Waals surface area contributed by atoms with E-state index in [0.717, 1.165) is 22.8 Å². The summed E-state index contributed by atoms with van der Waals surface area (Å²) in [6, 6.07) is 14.5. The molecule has 0 atom stereocenters. The molecule has 1 fully saturated rings. The van der Waals surface area contributed by atoms with Crippen molar-refractivity contribution in [1.82, 2.24) is 4.57 Å². The van der Waals surface area contributed by atoms with Crippen LogP contribution in [-0.2, 0) is 5.54 Å². The van der Waals surface area contributed by atoms with Crippen molar-refractivity contribution in [1.29, 1.82) is 0 Å². The summed E-state index contributed by atoms with van der Waals surface area (Å²) in [6.45, 7) is 0. The van der Waals surface area contributed by atoms with Gasteiger partial charge in [0.1, 0.15) is 0 Å². The third kappa shape index (κ3) is 2.86. The van der Waals surface area contributed by atoms with E-state index in [0.29, 0.717) is 10.9 Å². The molecule has 26 heavy (non-hydrogen) atoms. The number of nitrogens with zero attached hydrogens (tertiary/aromatic N) is 2. The molecule has 1 aliphatic rings. The molecular formula is C20H15BrN2O3. The molecule has 0 spiro atoms. The maximum absolute atomic E-state index is 12.4. The molecule has 0 radical (unpaired) electrons. The van der Waals surface area contributed by atoms with Crippen molar-refractivity contribution in [3.05, 3.63) is 87.0 Å². The highest BCUT2D eigenvalue weighted by molar-refractivity contribution is 9.10. The first-order valence-electron chi connectivity index (χ1n) is 8.24. The van der Waals surface area contributed by atoms with Gasteiger partial charge in [0, 0.05) is 10.0 Å². The minimum Gasteiger partial charge on any atom is -0.331 e. The van der Waals surface area contributed by atoms with E-state index in [-0.39, 0.29) is 21.9 Å². The van der Waals surface area contributed by atoms with Crippen molar-refractivity contribution >= 4 is 38.3 Å². The molecule has 3 aromatic rings. The van der Waals surface area contributed by atoms with Crippen LogP contribution in [0.1, 0.15) is 23.2 Å². The SMILES string of the molecule is O=C(/C=C/C1(n2cc([N+](=O)[O-])c3ccccc32)CC1)c1ccc(Br)cc1. The Labute approximate surface area is 158 Å². The number of benzene rings is 2. The van der Waals surface area contributed by atoms with Gasteiger partial charge in [0.05, 0.1) is 27.6 Å². The lowest BCUT2D eigenvalue weighted by Crippen LogP contribution is -2.13. The standard InChI is InChI=1S/C20H15BrN2O3/c21-15-7-5-14(6-8-15)19(24)9-10-20(11-12-20)22-13-18(23(25)26)16-3-1-2-4-17(16)22/h1-10,13H,11-12H2/b10-9+. The molecule has 0 saturated heterocycles. The molecule has 0 aliphatic heterocycles. The summed E-state index contributed by atoms with van der Waals surface area (Å²) in [5.41, 5.74) is 1.17. The molecule has 0 unspecified atom stereocenters. The molecule has 0 amide bonds. The van der Waals surface area contributed by atoms with Crippen molar-refractivity contribution in [2.75, 3.05) is 0 Å². The quantitative estimate of drug-likeness (QED) is 0.250. The van der Waals surface area contributed by atoms with Gasteiger partial charge in [0.15, 0.2) is 5.78 Å². The van der Waals surface area contributed by atoms with Crippen LogP contribution >= 0.6 is 15.9 Å². The Morgan fingerprint density at radius 3 is 2.50 bits per heavy atom. The Morgan fingerprint density at radius 1 is 1.15 bits per heavy atom. The zero-order valence-electron chi connectivity index (χ0n) is 13.8. The Hall–Kier alpha value is -2.73. The van der Waals surface area contributed by atoms with Gasteiger partial charge in [-0.1, -0.05) is 34.1 Å². The normalized spacial score (nSPS) is 15.4. The number of carbonyl (C=O) groups excluding carboxylic acids is 1. The molecule has 1 aliphatic carbocycles. The summed E-state index contributed by atoms with van der Waals surface area (Å²) in [4.78, 5) is 23.4. The van der Waals surface area contributed by atoms with Crippen molar-refractivity contribution < 1.29 is 9.72 Å². The molecule has 1 aromatic heterocycles. The third-order valence-electron chi connectivity index (χ3n) is 4.80. The van der Waals surface area contributed by atoms with Crippen molar-refractivity contribution in [3.8, 4) is 0 Å². The summed E-state index contributed by atoms with van der Waals surface area (Å²) in [6.07, 6.45) is 6.76. The molecular weight excluding hydrogens is 396 g/mol. The van der Waals surface area contributed by atoms with Gasteiger partial charge >= 0.3 is 0 Å². The first kappa shape index (κ1) is 16.7. The number of hydrogen-bond acceptors (Lipinski definition) is 3. The monoisotopic (exact) mass is 410 g/mol. The Kier molecular flexibility index (Phi) is 4.00. The van der Waals surface area contributed by atoms with E-state index in [2.05, 4.69) is 15.9 Å². The maximum Gasteiger partial charge on any atom is 0.294 e. The third-order valence-corrected chi connectivity index (χ3v) is 5.33. The van der Waals surface area contributed by atoms with Crippen LogP contribution in [0.3, 0.4) is 0 Å². The molecule has 2 aromatic carbocycles. The first-order chi connectivity index (χ1) is 12.5. The van der Waals surface area contributed by atoms with Gasteiger partial charge in [-0.25, -0.2) is 0 Å². The molecule has 0 N–H and O–H groups in total. The van der Waals surface area contributed by atoms with E-state index in [4.69, 9.17) is 0 Å². The maximum atomic E-state index is 12.4. The molecule has 1 saturated carbocycles. The zero-order chi connectivity index (χ0) is 18.3. The van der Waals surface area contributed by atoms with E-state index in [1.807, 2.05) is 34.9 Å². The molecule has 0 bridgehead atoms. The number of hydrogen-bond donors (Lipinski definition) is 0. The largest absolute Gasteiger partial charge is 0.331 e. The number of ketones is 1. The van der Waals surface area contributed by atoms with E-state index in [9.17, 15) is 14.9 Å². The van der Waals surface area contributed by atoms with E-state index < -0.39 is 0 Å². The lowest BCUT2D eigenvalue weighted by Gasteiger charge is -2.14. The fourth-order valence-electron chi connectivity index (χ4n) is 3.23. The van der Waals surface area contributed by atoms with Crippen molar-refractivity contribution in [2.45, 2.75) is 18.4 Å². The summed E-state index contributed by atoms with van der Waals surface area (Å²) in [5.74, 6) is -0.0743. The van der Waals surface area contributed by atoms with Crippen LogP contribution in [0, 0.1) is 10.1 Å². The number of aromatic nitrogens is 1. The Balaban J connectivity index is 1.70. The van der Waals surface area contributed by atoms with Crippen molar-refractivity contribution in [3.63, 3.8) is 0 Å². The molecule has 4 rings (SSSR count). The van der Waals surface area contributed by atoms with E-state index in [1.165, 1.54) is 0 Å². The van der Waals surface area contributed by atoms with Crippen LogP contribution in [0.4, 0.5) is 5.69 Å². The van der Waals surface area contributed by atoms with Crippen LogP contribution in [0.2, 0.25) is 0 Å². The van der Waals surface area contributed by atoms with E-state index in [1.54, 1.807) is 36.5 Å². The average molecular weight is 411 g/mol. The predicted octanol–water partition coefficient (Wildman–Crippen LogP) is 5.24. The van der Waals surface area contributed by atoms with Gasteiger partial charge in [-0.05, 0) is 55.3 Å². The van der Waals surface area contributed by atoms with Gasteiger partial charge in [-0.2, -0.15) is 0 Å². The number of nitro groups is 1. The van der Waals surface area contributed by atoms with Crippen LogP contribution in [0.5, 0.6) is 0 Å². The fraction of sp³-hybridized carbons (Fsp3) is 0.150. The summed E-state index contributed by atoms with van der Waals surface area (Å²) < 4.78 is 2.86. The minimum atomic E-state index is -0.362. The van der Waals surface area contributed by atoms with Crippen LogP contribution in [0.15, 0.2) is 71.4 Å². The number of carbonyl (C=O) groups is 1. The topological polar surface area (TPSA) is 65.1 Å². The fourth-order valence-corrected chi connectivity index (χ4v) is 3.50. The van der Waals surface area contributed by atoms with Crippen molar-refractivity contribution in [2.24, 2.45) is 0 Å². The minimum absolute atomic E-state index is 0.0743. The Morgan fingerprint density at radius 2 is 1.85 bits per heavy atom. The number of fused-ring (bicyclic) bond motifs is 1. The van der Waals surface area contributed by atoms with Gasteiger partial charge in [-0.3, -0.25) is 14.9 Å². The van der Waals surface area contributed by atoms with E-state index >= 15 is 0 Å². The second-order valence-electron chi connectivity index (χ2n) is 6.47. The summed E-state index contributed by atoms with van der Waals surface area (Å²) >= 11 is 3.36. The summed E-state index contributed by atoms with van der Waals surface area (Å²) in [7, 11) is 0. The molecule has 6 heteroatoms. The molecule has 1 heterocycles. The molecule has 5 nitrogen and oxygen atoms in total. The highest BCUT2D eigenvalue weighted by Gasteiger charge is 2.44. The van der Waals surface area contributed by atoms with Crippen LogP contribution < -0.4 is 0 Å². The number of rotatable bonds is 5. The molecule has 130 valence electrons. The number of halogens is 1. The number of allylic oxidation sites excluding steroid dienone is 2. The summed E-state index contributed by atoms with van der Waals surface area (Å²) in [5, 5.41) is 12.0. The second kappa shape index (κ2) is 6.21. The predicted molar refractivity (Wildman–Crippen MR) is 103 cm³/mol. The first-order valence-corrected chi connectivity index (χ1v) is 9.04. The second-order valence-corrected chi connectivity index (χ2v) is 7.38. The van der Waals surface area contributed by atoms with Gasteiger partial charge in [0.25, 0.3) is 5.69 Å². The van der Waals surface area contributed by atoms with Crippen LogP contribution in [0.25, 0.3) is 10.9 Å². The van der Waals surface area contributed by atoms with Gasteiger partial charge in [-0.15, -0.1) is 0 Å². The number of para-hydroxylation sites is 1. The average Bonchev–Trinajstić information content (AvgIpc) is 3.32. The van der Waals surface area contributed by atoms with Crippen LogP contribution in [-0.4, -0.2) is 15.3 Å². The Bertz CT molecular complexity index is 1050.